The Labute approximate surface area is 141 Å². The van der Waals surface area contributed by atoms with Gasteiger partial charge < -0.3 is 20.3 Å². The van der Waals surface area contributed by atoms with Crippen LogP contribution in [0.3, 0.4) is 0 Å². The number of ether oxygens (including phenoxy) is 1. The largest absolute Gasteiger partial charge is 0.381 e. The molecule has 0 heterocycles. The van der Waals surface area contributed by atoms with Crippen molar-refractivity contribution in [3.05, 3.63) is 0 Å². The molecule has 20 heavy (non-hydrogen) atoms. The van der Waals surface area contributed by atoms with Crippen molar-refractivity contribution in [2.24, 2.45) is 10.9 Å². The van der Waals surface area contributed by atoms with Crippen LogP contribution in [0.4, 0.5) is 0 Å². The Morgan fingerprint density at radius 2 is 1.75 bits per heavy atom. The van der Waals surface area contributed by atoms with Gasteiger partial charge in [-0.15, -0.1) is 24.0 Å². The van der Waals surface area contributed by atoms with Crippen molar-refractivity contribution in [2.45, 2.75) is 26.7 Å². The van der Waals surface area contributed by atoms with E-state index >= 15 is 0 Å². The highest BCUT2D eigenvalue weighted by Gasteiger charge is 1.98. The van der Waals surface area contributed by atoms with Gasteiger partial charge in [0, 0.05) is 33.4 Å². The Morgan fingerprint density at radius 1 is 1.15 bits per heavy atom. The maximum atomic E-state index is 5.53. The van der Waals surface area contributed by atoms with E-state index in [9.17, 15) is 0 Å². The van der Waals surface area contributed by atoms with Gasteiger partial charge in [0.15, 0.2) is 5.96 Å². The van der Waals surface area contributed by atoms with E-state index in [1.165, 1.54) is 0 Å². The van der Waals surface area contributed by atoms with Crippen LogP contribution in [0.1, 0.15) is 26.7 Å². The summed E-state index contributed by atoms with van der Waals surface area (Å²) in [6, 6.07) is 0. The first-order chi connectivity index (χ1) is 9.06. The summed E-state index contributed by atoms with van der Waals surface area (Å²) in [7, 11) is 5.98. The molecule has 0 aromatic carbocycles. The Kier molecular flexibility index (Phi) is 17.0. The van der Waals surface area contributed by atoms with Crippen LogP contribution in [0.25, 0.3) is 0 Å². The van der Waals surface area contributed by atoms with Gasteiger partial charge in [-0.05, 0) is 39.4 Å². The molecule has 0 aromatic heterocycles. The fraction of sp³-hybridized carbons (Fsp3) is 0.929. The molecule has 0 atom stereocenters. The zero-order valence-electron chi connectivity index (χ0n) is 13.7. The van der Waals surface area contributed by atoms with Crippen molar-refractivity contribution >= 4 is 29.9 Å². The zero-order valence-corrected chi connectivity index (χ0v) is 16.1. The molecule has 0 aliphatic carbocycles. The van der Waals surface area contributed by atoms with Crippen LogP contribution < -0.4 is 10.6 Å². The van der Waals surface area contributed by atoms with Crippen LogP contribution >= 0.6 is 24.0 Å². The fourth-order valence-corrected chi connectivity index (χ4v) is 1.52. The van der Waals surface area contributed by atoms with Gasteiger partial charge in [0.05, 0.1) is 0 Å². The maximum absolute atomic E-state index is 5.53. The van der Waals surface area contributed by atoms with Crippen molar-refractivity contribution in [3.63, 3.8) is 0 Å². The lowest BCUT2D eigenvalue weighted by Gasteiger charge is -2.13. The average molecular weight is 400 g/mol. The second-order valence-electron chi connectivity index (χ2n) is 5.40. The highest BCUT2D eigenvalue weighted by Crippen LogP contribution is 1.92. The molecule has 0 rings (SSSR count). The first-order valence-corrected chi connectivity index (χ1v) is 7.23. The minimum Gasteiger partial charge on any atom is -0.381 e. The molecular formula is C14H33IN4O. The molecule has 0 unspecified atom stereocenters. The lowest BCUT2D eigenvalue weighted by atomic mass is 10.2. The van der Waals surface area contributed by atoms with Crippen LogP contribution in [-0.2, 0) is 4.74 Å². The van der Waals surface area contributed by atoms with E-state index in [1.807, 2.05) is 0 Å². The first kappa shape index (κ1) is 22.2. The Balaban J connectivity index is 0. The van der Waals surface area contributed by atoms with Crippen molar-refractivity contribution in [3.8, 4) is 0 Å². The predicted octanol–water partition coefficient (Wildman–Crippen LogP) is 1.78. The molecule has 0 aromatic rings. The fourth-order valence-electron chi connectivity index (χ4n) is 1.52. The average Bonchev–Trinajstić information content (AvgIpc) is 2.35. The number of nitrogens with one attached hydrogen (secondary N) is 2. The van der Waals surface area contributed by atoms with E-state index in [2.05, 4.69) is 48.5 Å². The number of nitrogens with zero attached hydrogens (tertiary/aromatic N) is 2. The van der Waals surface area contributed by atoms with Gasteiger partial charge in [-0.3, -0.25) is 4.99 Å². The van der Waals surface area contributed by atoms with Crippen molar-refractivity contribution in [1.29, 1.82) is 0 Å². The van der Waals surface area contributed by atoms with Crippen LogP contribution in [0.5, 0.6) is 0 Å². The number of halogens is 1. The molecule has 0 fully saturated rings. The quantitative estimate of drug-likeness (QED) is 0.254. The highest BCUT2D eigenvalue weighted by molar-refractivity contribution is 14.0. The molecule has 0 amide bonds. The third-order valence-electron chi connectivity index (χ3n) is 2.51. The van der Waals surface area contributed by atoms with Crippen molar-refractivity contribution in [1.82, 2.24) is 15.5 Å². The van der Waals surface area contributed by atoms with Crippen molar-refractivity contribution in [2.75, 3.05) is 54.0 Å². The summed E-state index contributed by atoms with van der Waals surface area (Å²) in [6.45, 7) is 8.91. The van der Waals surface area contributed by atoms with Crippen molar-refractivity contribution < 1.29 is 4.74 Å². The lowest BCUT2D eigenvalue weighted by molar-refractivity contribution is 0.108. The van der Waals surface area contributed by atoms with Crippen LogP contribution in [-0.4, -0.2) is 64.9 Å². The van der Waals surface area contributed by atoms with Gasteiger partial charge in [0.25, 0.3) is 0 Å². The molecule has 122 valence electrons. The Morgan fingerprint density at radius 3 is 2.25 bits per heavy atom. The smallest absolute Gasteiger partial charge is 0.190 e. The minimum atomic E-state index is 0. The van der Waals surface area contributed by atoms with Gasteiger partial charge >= 0.3 is 0 Å². The van der Waals surface area contributed by atoms with E-state index in [0.717, 1.165) is 51.6 Å². The molecule has 0 aliphatic rings. The molecule has 5 nitrogen and oxygen atoms in total. The summed E-state index contributed by atoms with van der Waals surface area (Å²) in [6.07, 6.45) is 2.12. The molecule has 0 saturated heterocycles. The minimum absolute atomic E-state index is 0. The Bertz CT molecular complexity index is 235. The van der Waals surface area contributed by atoms with E-state index in [0.29, 0.717) is 5.92 Å². The standard InChI is InChI=1S/C14H32N4O.HI/c1-13(2)12-19-11-7-9-17-14(15-3)16-8-6-10-18(4)5;/h13H,6-12H2,1-5H3,(H2,15,16,17);1H. The van der Waals surface area contributed by atoms with Crippen LogP contribution in [0.2, 0.25) is 0 Å². The highest BCUT2D eigenvalue weighted by atomic mass is 127. The molecule has 0 spiro atoms. The van der Waals surface area contributed by atoms with Crippen LogP contribution in [0.15, 0.2) is 4.99 Å². The van der Waals surface area contributed by atoms with E-state index in [1.54, 1.807) is 7.05 Å². The lowest BCUT2D eigenvalue weighted by Crippen LogP contribution is -2.39. The molecule has 0 saturated carbocycles. The van der Waals surface area contributed by atoms with E-state index in [4.69, 9.17) is 4.74 Å². The summed E-state index contributed by atoms with van der Waals surface area (Å²) in [5, 5.41) is 6.60. The third-order valence-corrected chi connectivity index (χ3v) is 2.51. The van der Waals surface area contributed by atoms with E-state index < -0.39 is 0 Å². The number of rotatable bonds is 10. The monoisotopic (exact) mass is 400 g/mol. The number of guanidine groups is 1. The number of hydrogen-bond acceptors (Lipinski definition) is 3. The zero-order chi connectivity index (χ0) is 14.5. The topological polar surface area (TPSA) is 48.9 Å². The summed E-state index contributed by atoms with van der Waals surface area (Å²) in [4.78, 5) is 6.38. The summed E-state index contributed by atoms with van der Waals surface area (Å²) >= 11 is 0. The number of aliphatic imine (C=N–C) groups is 1. The molecule has 2 N–H and O–H groups in total. The molecule has 0 bridgehead atoms. The van der Waals surface area contributed by atoms with E-state index in [-0.39, 0.29) is 24.0 Å². The number of hydrogen-bond donors (Lipinski definition) is 2. The SMILES string of the molecule is CN=C(NCCCOCC(C)C)NCCCN(C)C.I. The Hall–Kier alpha value is -0.0800. The van der Waals surface area contributed by atoms with Gasteiger partial charge in [-0.1, -0.05) is 13.8 Å². The maximum Gasteiger partial charge on any atom is 0.190 e. The second-order valence-corrected chi connectivity index (χ2v) is 5.40. The molecule has 0 radical (unpaired) electrons. The summed E-state index contributed by atoms with van der Waals surface area (Å²) < 4.78 is 5.53. The van der Waals surface area contributed by atoms with Gasteiger partial charge in [0.1, 0.15) is 0 Å². The molecule has 0 aliphatic heterocycles. The first-order valence-electron chi connectivity index (χ1n) is 7.23. The van der Waals surface area contributed by atoms with Gasteiger partial charge in [-0.25, -0.2) is 0 Å². The summed E-state index contributed by atoms with van der Waals surface area (Å²) in [5.74, 6) is 1.49. The van der Waals surface area contributed by atoms with Gasteiger partial charge in [-0.2, -0.15) is 0 Å². The van der Waals surface area contributed by atoms with Gasteiger partial charge in [0.2, 0.25) is 0 Å². The second kappa shape index (κ2) is 15.3. The van der Waals surface area contributed by atoms with Crippen LogP contribution in [0, 0.1) is 5.92 Å². The predicted molar refractivity (Wildman–Crippen MR) is 98.2 cm³/mol. The molecular weight excluding hydrogens is 367 g/mol. The third kappa shape index (κ3) is 16.0. The summed E-state index contributed by atoms with van der Waals surface area (Å²) in [5.41, 5.74) is 0. The molecule has 6 heteroatoms. The normalized spacial score (nSPS) is 11.7.